The van der Waals surface area contributed by atoms with E-state index < -0.39 is 0 Å². The van der Waals surface area contributed by atoms with Crippen LogP contribution >= 0.6 is 27.5 Å². The number of rotatable bonds is 4. The van der Waals surface area contributed by atoms with Crippen LogP contribution in [-0.2, 0) is 0 Å². The summed E-state index contributed by atoms with van der Waals surface area (Å²) >= 11 is 9.34. The molecular weight excluding hydrogens is 289 g/mol. The van der Waals surface area contributed by atoms with Gasteiger partial charge in [-0.05, 0) is 46.3 Å². The Hall–Kier alpha value is -0.350. The normalized spacial score (nSPS) is 15.6. The first-order valence-corrected chi connectivity index (χ1v) is 6.69. The van der Waals surface area contributed by atoms with Gasteiger partial charge < -0.3 is 4.90 Å². The first kappa shape index (κ1) is 12.1. The quantitative estimate of drug-likeness (QED) is 0.797. The van der Waals surface area contributed by atoms with Crippen LogP contribution < -0.4 is 4.90 Å². The van der Waals surface area contributed by atoms with Crippen LogP contribution in [0.4, 0.5) is 5.82 Å². The molecule has 1 fully saturated rings. The third-order valence-corrected chi connectivity index (χ3v) is 3.26. The molecule has 0 aromatic carbocycles. The molecule has 1 aromatic rings. The molecule has 1 saturated carbocycles. The van der Waals surface area contributed by atoms with Crippen LogP contribution in [0, 0.1) is 5.92 Å². The average Bonchev–Trinajstić information content (AvgIpc) is 3.02. The highest BCUT2D eigenvalue weighted by Gasteiger charge is 2.31. The Morgan fingerprint density at radius 1 is 1.56 bits per heavy atom. The van der Waals surface area contributed by atoms with Gasteiger partial charge >= 0.3 is 0 Å². The maximum atomic E-state index is 5.85. The van der Waals surface area contributed by atoms with Crippen molar-refractivity contribution >= 4 is 33.3 Å². The molecule has 0 saturated heterocycles. The highest BCUT2D eigenvalue weighted by Crippen LogP contribution is 2.35. The van der Waals surface area contributed by atoms with Crippen molar-refractivity contribution in [3.63, 3.8) is 0 Å². The zero-order chi connectivity index (χ0) is 11.7. The largest absolute Gasteiger partial charge is 0.352 e. The second-order valence-electron chi connectivity index (χ2n) is 4.59. The van der Waals surface area contributed by atoms with Crippen molar-refractivity contribution in [1.29, 1.82) is 0 Å². The lowest BCUT2D eigenvalue weighted by molar-refractivity contribution is 0.601. The summed E-state index contributed by atoms with van der Waals surface area (Å²) < 4.78 is 0.921. The fourth-order valence-electron chi connectivity index (χ4n) is 1.73. The molecule has 0 amide bonds. The molecule has 3 nitrogen and oxygen atoms in total. The van der Waals surface area contributed by atoms with E-state index in [1.54, 1.807) is 6.20 Å². The predicted molar refractivity (Wildman–Crippen MR) is 69.9 cm³/mol. The Morgan fingerprint density at radius 3 is 2.81 bits per heavy atom. The zero-order valence-corrected chi connectivity index (χ0v) is 11.8. The first-order chi connectivity index (χ1) is 7.58. The zero-order valence-electron chi connectivity index (χ0n) is 9.45. The highest BCUT2D eigenvalue weighted by molar-refractivity contribution is 9.10. The third-order valence-electron chi connectivity index (χ3n) is 2.52. The number of hydrogen-bond donors (Lipinski definition) is 0. The van der Waals surface area contributed by atoms with Gasteiger partial charge in [-0.2, -0.15) is 4.98 Å². The molecule has 0 spiro atoms. The maximum Gasteiger partial charge on any atom is 0.224 e. The number of anilines is 1. The SMILES string of the molecule is CC(C)CN(c1nc(Cl)ncc1Br)C1CC1. The summed E-state index contributed by atoms with van der Waals surface area (Å²) in [6.07, 6.45) is 4.22. The van der Waals surface area contributed by atoms with Crippen LogP contribution in [-0.4, -0.2) is 22.6 Å². The molecule has 1 aliphatic carbocycles. The molecule has 1 heterocycles. The molecule has 88 valence electrons. The van der Waals surface area contributed by atoms with Gasteiger partial charge in [0.2, 0.25) is 5.28 Å². The van der Waals surface area contributed by atoms with E-state index in [4.69, 9.17) is 11.6 Å². The second-order valence-corrected chi connectivity index (χ2v) is 5.78. The smallest absolute Gasteiger partial charge is 0.224 e. The van der Waals surface area contributed by atoms with Gasteiger partial charge in [0.25, 0.3) is 0 Å². The van der Waals surface area contributed by atoms with E-state index in [9.17, 15) is 0 Å². The van der Waals surface area contributed by atoms with Gasteiger partial charge in [0.15, 0.2) is 0 Å². The van der Waals surface area contributed by atoms with E-state index in [0.717, 1.165) is 16.8 Å². The number of hydrogen-bond acceptors (Lipinski definition) is 3. The summed E-state index contributed by atoms with van der Waals surface area (Å²) in [5.41, 5.74) is 0. The molecule has 1 aliphatic rings. The van der Waals surface area contributed by atoms with Gasteiger partial charge in [-0.25, -0.2) is 4.98 Å². The van der Waals surface area contributed by atoms with Crippen molar-refractivity contribution in [2.45, 2.75) is 32.7 Å². The molecule has 1 aromatic heterocycles. The summed E-state index contributed by atoms with van der Waals surface area (Å²) in [6.45, 7) is 5.44. The van der Waals surface area contributed by atoms with E-state index in [0.29, 0.717) is 17.2 Å². The molecule has 0 atom stereocenters. The maximum absolute atomic E-state index is 5.85. The lowest BCUT2D eigenvalue weighted by Crippen LogP contribution is -2.31. The Bertz CT molecular complexity index is 379. The van der Waals surface area contributed by atoms with Gasteiger partial charge in [0, 0.05) is 18.8 Å². The van der Waals surface area contributed by atoms with Gasteiger partial charge in [0.05, 0.1) is 4.47 Å². The molecule has 0 unspecified atom stereocenters. The summed E-state index contributed by atoms with van der Waals surface area (Å²) in [5.74, 6) is 1.54. The van der Waals surface area contributed by atoms with Crippen molar-refractivity contribution in [2.75, 3.05) is 11.4 Å². The number of nitrogens with zero attached hydrogens (tertiary/aromatic N) is 3. The Balaban J connectivity index is 2.26. The average molecular weight is 305 g/mol. The monoisotopic (exact) mass is 303 g/mol. The predicted octanol–water partition coefficient (Wildman–Crippen LogP) is 3.52. The van der Waals surface area contributed by atoms with Crippen molar-refractivity contribution < 1.29 is 0 Å². The topological polar surface area (TPSA) is 29.0 Å². The lowest BCUT2D eigenvalue weighted by Gasteiger charge is -2.26. The lowest BCUT2D eigenvalue weighted by atomic mass is 10.2. The minimum atomic E-state index is 0.313. The number of halogens is 2. The summed E-state index contributed by atoms with van der Waals surface area (Å²) in [5, 5.41) is 0.313. The van der Waals surface area contributed by atoms with Crippen LogP contribution in [0.25, 0.3) is 0 Å². The van der Waals surface area contributed by atoms with Gasteiger partial charge in [-0.3, -0.25) is 0 Å². The Labute approximate surface area is 109 Å². The van der Waals surface area contributed by atoms with Gasteiger partial charge in [0.1, 0.15) is 5.82 Å². The van der Waals surface area contributed by atoms with Crippen LogP contribution in [0.3, 0.4) is 0 Å². The van der Waals surface area contributed by atoms with E-state index in [1.165, 1.54) is 12.8 Å². The Kier molecular flexibility index (Phi) is 3.70. The van der Waals surface area contributed by atoms with Crippen LogP contribution in [0.15, 0.2) is 10.7 Å². The van der Waals surface area contributed by atoms with E-state index >= 15 is 0 Å². The first-order valence-electron chi connectivity index (χ1n) is 5.52. The van der Waals surface area contributed by atoms with Gasteiger partial charge in [-0.15, -0.1) is 0 Å². The number of aromatic nitrogens is 2. The van der Waals surface area contributed by atoms with Gasteiger partial charge in [-0.1, -0.05) is 13.8 Å². The van der Waals surface area contributed by atoms with E-state index in [1.807, 2.05) is 0 Å². The molecule has 0 bridgehead atoms. The molecular formula is C11H15BrClN3. The fourth-order valence-corrected chi connectivity index (χ4v) is 2.27. The fraction of sp³-hybridized carbons (Fsp3) is 0.636. The van der Waals surface area contributed by atoms with Crippen molar-refractivity contribution in [2.24, 2.45) is 5.92 Å². The van der Waals surface area contributed by atoms with Crippen molar-refractivity contribution in [3.05, 3.63) is 16.0 Å². The summed E-state index contributed by atoms with van der Waals surface area (Å²) in [4.78, 5) is 10.6. The Morgan fingerprint density at radius 2 is 2.25 bits per heavy atom. The minimum Gasteiger partial charge on any atom is -0.352 e. The van der Waals surface area contributed by atoms with Crippen molar-refractivity contribution in [3.8, 4) is 0 Å². The van der Waals surface area contributed by atoms with Crippen LogP contribution in [0.1, 0.15) is 26.7 Å². The van der Waals surface area contributed by atoms with E-state index in [-0.39, 0.29) is 0 Å². The van der Waals surface area contributed by atoms with Crippen LogP contribution in [0.2, 0.25) is 5.28 Å². The molecule has 2 rings (SSSR count). The molecule has 0 radical (unpaired) electrons. The van der Waals surface area contributed by atoms with E-state index in [2.05, 4.69) is 44.6 Å². The third kappa shape index (κ3) is 2.86. The van der Waals surface area contributed by atoms with Crippen molar-refractivity contribution in [1.82, 2.24) is 9.97 Å². The summed E-state index contributed by atoms with van der Waals surface area (Å²) in [6, 6.07) is 0.629. The summed E-state index contributed by atoms with van der Waals surface area (Å²) in [7, 11) is 0. The molecule has 0 aliphatic heterocycles. The van der Waals surface area contributed by atoms with Crippen LogP contribution in [0.5, 0.6) is 0 Å². The molecule has 16 heavy (non-hydrogen) atoms. The standard InChI is InChI=1S/C11H15BrClN3/c1-7(2)6-16(8-3-4-8)10-9(12)5-14-11(13)15-10/h5,7-8H,3-4,6H2,1-2H3. The minimum absolute atomic E-state index is 0.313. The second kappa shape index (κ2) is 4.88. The highest BCUT2D eigenvalue weighted by atomic mass is 79.9. The molecule has 0 N–H and O–H groups in total. The molecule has 5 heteroatoms.